The van der Waals surface area contributed by atoms with Crippen molar-refractivity contribution in [1.29, 1.82) is 0 Å². The predicted molar refractivity (Wildman–Crippen MR) is 42.0 cm³/mol. The van der Waals surface area contributed by atoms with Gasteiger partial charge in [0, 0.05) is 0 Å². The first-order chi connectivity index (χ1) is 5.23. The van der Waals surface area contributed by atoms with Gasteiger partial charge in [0.25, 0.3) is 0 Å². The van der Waals surface area contributed by atoms with Crippen molar-refractivity contribution in [3.8, 4) is 0 Å². The van der Waals surface area contributed by atoms with Crippen LogP contribution in [0.5, 0.6) is 0 Å². The van der Waals surface area contributed by atoms with Crippen LogP contribution in [-0.4, -0.2) is 11.7 Å². The molecule has 3 fully saturated rings. The van der Waals surface area contributed by atoms with Gasteiger partial charge in [-0.2, -0.15) is 0 Å². The molecule has 2 heterocycles. The van der Waals surface area contributed by atoms with Gasteiger partial charge in [-0.1, -0.05) is 13.8 Å². The van der Waals surface area contributed by atoms with Gasteiger partial charge in [0.1, 0.15) is 5.60 Å². The van der Waals surface area contributed by atoms with Crippen molar-refractivity contribution < 1.29 is 9.78 Å². The summed E-state index contributed by atoms with van der Waals surface area (Å²) in [5.74, 6) is 0.587. The van der Waals surface area contributed by atoms with Crippen LogP contribution in [0.4, 0.5) is 0 Å². The van der Waals surface area contributed by atoms with E-state index < -0.39 is 0 Å². The van der Waals surface area contributed by atoms with Gasteiger partial charge in [0.2, 0.25) is 0 Å². The minimum Gasteiger partial charge on any atom is -0.233 e. The minimum absolute atomic E-state index is 0.0642. The lowest BCUT2D eigenvalue weighted by molar-refractivity contribution is -0.442. The lowest BCUT2D eigenvalue weighted by Gasteiger charge is -2.47. The molecule has 2 aliphatic heterocycles. The highest BCUT2D eigenvalue weighted by Crippen LogP contribution is 2.43. The second-order valence-electron chi connectivity index (χ2n) is 4.10. The second kappa shape index (κ2) is 2.46. The Morgan fingerprint density at radius 1 is 1.27 bits per heavy atom. The molecule has 0 aromatic heterocycles. The summed E-state index contributed by atoms with van der Waals surface area (Å²) in [6.07, 6.45) is 5.16. The summed E-state index contributed by atoms with van der Waals surface area (Å²) in [5.41, 5.74) is 0.0642. The van der Waals surface area contributed by atoms with Crippen molar-refractivity contribution in [1.82, 2.24) is 0 Å². The van der Waals surface area contributed by atoms with Gasteiger partial charge >= 0.3 is 0 Å². The summed E-state index contributed by atoms with van der Waals surface area (Å²) in [7, 11) is 0. The Morgan fingerprint density at radius 3 is 2.18 bits per heavy atom. The third-order valence-electron chi connectivity index (χ3n) is 3.18. The third-order valence-corrected chi connectivity index (χ3v) is 3.18. The van der Waals surface area contributed by atoms with Crippen molar-refractivity contribution in [2.24, 2.45) is 5.92 Å². The monoisotopic (exact) mass is 156 g/mol. The lowest BCUT2D eigenvalue weighted by Crippen LogP contribution is -2.49. The quantitative estimate of drug-likeness (QED) is 0.542. The molecule has 0 aromatic rings. The van der Waals surface area contributed by atoms with E-state index in [1.807, 2.05) is 0 Å². The van der Waals surface area contributed by atoms with Crippen LogP contribution >= 0.6 is 0 Å². The van der Waals surface area contributed by atoms with Crippen LogP contribution in [0, 0.1) is 5.92 Å². The first-order valence-electron chi connectivity index (χ1n) is 4.57. The molecule has 1 saturated carbocycles. The van der Waals surface area contributed by atoms with Gasteiger partial charge in [0.15, 0.2) is 0 Å². The molecule has 1 aliphatic carbocycles. The average molecular weight is 156 g/mol. The standard InChI is InChI=1S/C9H16O2/c1-7(2)9-5-3-8(4-6-9)10-11-9/h7-8H,3-6H2,1-2H3. The van der Waals surface area contributed by atoms with E-state index in [1.165, 1.54) is 25.7 Å². The van der Waals surface area contributed by atoms with Crippen molar-refractivity contribution in [3.05, 3.63) is 0 Å². The van der Waals surface area contributed by atoms with Crippen LogP contribution in [0.25, 0.3) is 0 Å². The van der Waals surface area contributed by atoms with E-state index in [4.69, 9.17) is 9.78 Å². The van der Waals surface area contributed by atoms with E-state index in [0.717, 1.165) is 0 Å². The maximum Gasteiger partial charge on any atom is 0.106 e. The summed E-state index contributed by atoms with van der Waals surface area (Å²) in [4.78, 5) is 10.7. The Hall–Kier alpha value is -0.0800. The SMILES string of the molecule is CC(C)C12CCC(CC1)OO2. The normalized spacial score (nSPS) is 43.4. The summed E-state index contributed by atoms with van der Waals surface area (Å²) < 4.78 is 0. The molecule has 0 radical (unpaired) electrons. The van der Waals surface area contributed by atoms with Crippen LogP contribution in [0.3, 0.4) is 0 Å². The molecule has 0 unspecified atom stereocenters. The van der Waals surface area contributed by atoms with Crippen molar-refractivity contribution in [3.63, 3.8) is 0 Å². The molecule has 0 amide bonds. The fraction of sp³-hybridized carbons (Fsp3) is 1.00. The van der Waals surface area contributed by atoms with Crippen LogP contribution < -0.4 is 0 Å². The van der Waals surface area contributed by atoms with Crippen molar-refractivity contribution in [2.75, 3.05) is 0 Å². The summed E-state index contributed by atoms with van der Waals surface area (Å²) in [6.45, 7) is 4.43. The Kier molecular flexibility index (Phi) is 1.69. The van der Waals surface area contributed by atoms with Gasteiger partial charge < -0.3 is 0 Å². The predicted octanol–water partition coefficient (Wildman–Crippen LogP) is 2.29. The lowest BCUT2D eigenvalue weighted by atomic mass is 9.75. The van der Waals surface area contributed by atoms with Gasteiger partial charge in [-0.15, -0.1) is 0 Å². The minimum atomic E-state index is 0.0642. The van der Waals surface area contributed by atoms with E-state index in [2.05, 4.69) is 13.8 Å². The molecule has 2 bridgehead atoms. The van der Waals surface area contributed by atoms with E-state index in [1.54, 1.807) is 0 Å². The van der Waals surface area contributed by atoms with Gasteiger partial charge in [-0.3, -0.25) is 0 Å². The molecule has 0 spiro atoms. The molecule has 3 aliphatic rings. The highest BCUT2D eigenvalue weighted by Gasteiger charge is 2.45. The Morgan fingerprint density at radius 2 is 1.91 bits per heavy atom. The maximum absolute atomic E-state index is 5.43. The van der Waals surface area contributed by atoms with E-state index in [-0.39, 0.29) is 5.60 Å². The smallest absolute Gasteiger partial charge is 0.106 e. The summed E-state index contributed by atoms with van der Waals surface area (Å²) in [5, 5.41) is 0. The molecule has 0 aromatic carbocycles. The highest BCUT2D eigenvalue weighted by atomic mass is 17.2. The molecule has 0 atom stereocenters. The zero-order valence-corrected chi connectivity index (χ0v) is 7.30. The van der Waals surface area contributed by atoms with E-state index in [0.29, 0.717) is 12.0 Å². The second-order valence-corrected chi connectivity index (χ2v) is 4.10. The van der Waals surface area contributed by atoms with Gasteiger partial charge in [-0.25, -0.2) is 9.78 Å². The Labute approximate surface area is 67.8 Å². The van der Waals surface area contributed by atoms with Crippen molar-refractivity contribution >= 4 is 0 Å². The maximum atomic E-state index is 5.43. The first-order valence-corrected chi connectivity index (χ1v) is 4.57. The molecule has 3 rings (SSSR count). The number of fused-ring (bicyclic) bond motifs is 3. The van der Waals surface area contributed by atoms with Crippen LogP contribution in [0.1, 0.15) is 39.5 Å². The zero-order chi connectivity index (χ0) is 7.90. The fourth-order valence-corrected chi connectivity index (χ4v) is 2.10. The topological polar surface area (TPSA) is 18.5 Å². The van der Waals surface area contributed by atoms with Crippen molar-refractivity contribution in [2.45, 2.75) is 51.2 Å². The molecule has 2 heteroatoms. The van der Waals surface area contributed by atoms with Crippen LogP contribution in [0.2, 0.25) is 0 Å². The summed E-state index contributed by atoms with van der Waals surface area (Å²) in [6, 6.07) is 0. The average Bonchev–Trinajstić information content (AvgIpc) is 2.08. The van der Waals surface area contributed by atoms with Gasteiger partial charge in [-0.05, 0) is 31.6 Å². The molecule has 11 heavy (non-hydrogen) atoms. The zero-order valence-electron chi connectivity index (χ0n) is 7.30. The Bertz CT molecular complexity index is 132. The van der Waals surface area contributed by atoms with E-state index >= 15 is 0 Å². The highest BCUT2D eigenvalue weighted by molar-refractivity contribution is 4.91. The van der Waals surface area contributed by atoms with Crippen LogP contribution in [-0.2, 0) is 9.78 Å². The number of hydrogen-bond donors (Lipinski definition) is 0. The third kappa shape index (κ3) is 1.09. The molecular weight excluding hydrogens is 140 g/mol. The van der Waals surface area contributed by atoms with Crippen LogP contribution in [0.15, 0.2) is 0 Å². The molecule has 2 nitrogen and oxygen atoms in total. The van der Waals surface area contributed by atoms with Gasteiger partial charge in [0.05, 0.1) is 6.10 Å². The number of hydrogen-bond acceptors (Lipinski definition) is 2. The molecule has 2 saturated heterocycles. The first kappa shape index (κ1) is 7.56. The number of rotatable bonds is 1. The largest absolute Gasteiger partial charge is 0.233 e. The Balaban J connectivity index is 2.12. The van der Waals surface area contributed by atoms with E-state index in [9.17, 15) is 0 Å². The molecule has 0 N–H and O–H groups in total. The molecular formula is C9H16O2. The fourth-order valence-electron chi connectivity index (χ4n) is 2.10. The summed E-state index contributed by atoms with van der Waals surface area (Å²) >= 11 is 0. The molecule has 64 valence electrons.